The van der Waals surface area contributed by atoms with Crippen LogP contribution in [0.15, 0.2) is 24.3 Å². The molecule has 0 saturated carbocycles. The average molecular weight is 278 g/mol. The maximum Gasteiger partial charge on any atom is 0.246 e. The van der Waals surface area contributed by atoms with Gasteiger partial charge in [0.1, 0.15) is 6.61 Å². The number of carbonyl (C=O) groups is 2. The molecule has 108 valence electrons. The number of nitrogens with two attached hydrogens (primary N) is 1. The molecule has 2 amide bonds. The molecule has 0 aromatic heterocycles. The minimum atomic E-state index is -0.584. The number of para-hydroxylation sites is 2. The first kappa shape index (κ1) is 14.3. The summed E-state index contributed by atoms with van der Waals surface area (Å²) in [5.41, 5.74) is 5.66. The van der Waals surface area contributed by atoms with E-state index in [-0.39, 0.29) is 25.0 Å². The van der Waals surface area contributed by atoms with Crippen LogP contribution in [-0.2, 0) is 9.59 Å². The monoisotopic (exact) mass is 278 g/mol. The highest BCUT2D eigenvalue weighted by molar-refractivity contribution is 6.00. The van der Waals surface area contributed by atoms with Crippen LogP contribution in [0.4, 0.5) is 0 Å². The van der Waals surface area contributed by atoms with Crippen molar-refractivity contribution in [3.05, 3.63) is 24.3 Å². The predicted molar refractivity (Wildman–Crippen MR) is 72.4 cm³/mol. The van der Waals surface area contributed by atoms with Gasteiger partial charge in [0.25, 0.3) is 0 Å². The quantitative estimate of drug-likeness (QED) is 0.795. The summed E-state index contributed by atoms with van der Waals surface area (Å²) in [6.45, 7) is 0.411. The highest BCUT2D eigenvalue weighted by Crippen LogP contribution is 2.25. The molecule has 1 fully saturated rings. The normalized spacial score (nSPS) is 19.1. The summed E-state index contributed by atoms with van der Waals surface area (Å²) < 4.78 is 10.7. The minimum absolute atomic E-state index is 0.194. The predicted octanol–water partition coefficient (Wildman–Crippen LogP) is 0.550. The van der Waals surface area contributed by atoms with Gasteiger partial charge in [-0.25, -0.2) is 0 Å². The fraction of sp³-hybridized carbons (Fsp3) is 0.429. The molecule has 1 aromatic carbocycles. The number of rotatable bonds is 5. The molecule has 0 aliphatic carbocycles. The standard InChI is InChI=1S/C14H18N2O4/c1-19-11-4-2-3-5-12(11)20-9-8-16-13(17)7-6-10(15)14(16)18/h2-5,10H,6-9,15H2,1H3. The van der Waals surface area contributed by atoms with Crippen molar-refractivity contribution in [2.75, 3.05) is 20.3 Å². The highest BCUT2D eigenvalue weighted by atomic mass is 16.5. The van der Waals surface area contributed by atoms with E-state index < -0.39 is 6.04 Å². The molecule has 20 heavy (non-hydrogen) atoms. The number of amides is 2. The molecule has 0 spiro atoms. The van der Waals surface area contributed by atoms with Gasteiger partial charge in [-0.15, -0.1) is 0 Å². The Hall–Kier alpha value is -2.08. The molecular weight excluding hydrogens is 260 g/mol. The Bertz CT molecular complexity index is 504. The molecular formula is C14H18N2O4. The number of hydrogen-bond donors (Lipinski definition) is 1. The molecule has 6 heteroatoms. The zero-order valence-electron chi connectivity index (χ0n) is 11.4. The molecule has 0 radical (unpaired) electrons. The molecule has 1 heterocycles. The van der Waals surface area contributed by atoms with Crippen molar-refractivity contribution in [2.24, 2.45) is 5.73 Å². The third kappa shape index (κ3) is 3.08. The van der Waals surface area contributed by atoms with Crippen molar-refractivity contribution >= 4 is 11.8 Å². The first-order valence-electron chi connectivity index (χ1n) is 6.49. The molecule has 1 atom stereocenters. The van der Waals surface area contributed by atoms with Gasteiger partial charge in [0.05, 0.1) is 19.7 Å². The summed E-state index contributed by atoms with van der Waals surface area (Å²) >= 11 is 0. The zero-order chi connectivity index (χ0) is 14.5. The van der Waals surface area contributed by atoms with Crippen molar-refractivity contribution in [1.82, 2.24) is 4.90 Å². The number of methoxy groups -OCH3 is 1. The molecule has 2 rings (SSSR count). The van der Waals surface area contributed by atoms with Crippen LogP contribution in [0.2, 0.25) is 0 Å². The smallest absolute Gasteiger partial charge is 0.246 e. The Morgan fingerprint density at radius 3 is 2.70 bits per heavy atom. The van der Waals surface area contributed by atoms with Crippen LogP contribution < -0.4 is 15.2 Å². The van der Waals surface area contributed by atoms with E-state index in [1.807, 2.05) is 12.1 Å². The number of imide groups is 1. The van der Waals surface area contributed by atoms with E-state index in [0.29, 0.717) is 24.3 Å². The number of likely N-dealkylation sites (tertiary alicyclic amines) is 1. The van der Waals surface area contributed by atoms with E-state index in [9.17, 15) is 9.59 Å². The van der Waals surface area contributed by atoms with Crippen LogP contribution in [0.5, 0.6) is 11.5 Å². The number of piperidine rings is 1. The number of hydrogen-bond acceptors (Lipinski definition) is 5. The average Bonchev–Trinajstić information content (AvgIpc) is 2.47. The third-order valence-corrected chi connectivity index (χ3v) is 3.20. The molecule has 1 unspecified atom stereocenters. The summed E-state index contributed by atoms with van der Waals surface area (Å²) in [6, 6.07) is 6.62. The Morgan fingerprint density at radius 2 is 2.00 bits per heavy atom. The maximum atomic E-state index is 11.8. The summed E-state index contributed by atoms with van der Waals surface area (Å²) in [5.74, 6) is 0.668. The Labute approximate surface area is 117 Å². The molecule has 2 N–H and O–H groups in total. The first-order valence-corrected chi connectivity index (χ1v) is 6.49. The summed E-state index contributed by atoms with van der Waals surface area (Å²) in [4.78, 5) is 24.7. The second kappa shape index (κ2) is 6.38. The SMILES string of the molecule is COc1ccccc1OCCN1C(=O)CCC(N)C1=O. The summed E-state index contributed by atoms with van der Waals surface area (Å²) in [5, 5.41) is 0. The second-order valence-electron chi connectivity index (χ2n) is 4.53. The van der Waals surface area contributed by atoms with E-state index in [4.69, 9.17) is 15.2 Å². The largest absolute Gasteiger partial charge is 0.493 e. The topological polar surface area (TPSA) is 81.9 Å². The van der Waals surface area contributed by atoms with Crippen LogP contribution >= 0.6 is 0 Å². The van der Waals surface area contributed by atoms with Gasteiger partial charge in [-0.1, -0.05) is 12.1 Å². The lowest BCUT2D eigenvalue weighted by Crippen LogP contribution is -2.52. The first-order chi connectivity index (χ1) is 9.63. The molecule has 0 bridgehead atoms. The maximum absolute atomic E-state index is 11.8. The summed E-state index contributed by atoms with van der Waals surface area (Å²) in [6.07, 6.45) is 0.725. The van der Waals surface area contributed by atoms with Gasteiger partial charge >= 0.3 is 0 Å². The van der Waals surface area contributed by atoms with Gasteiger partial charge < -0.3 is 15.2 Å². The van der Waals surface area contributed by atoms with Crippen LogP contribution in [-0.4, -0.2) is 43.0 Å². The van der Waals surface area contributed by atoms with E-state index in [2.05, 4.69) is 0 Å². The Balaban J connectivity index is 1.92. The fourth-order valence-corrected chi connectivity index (χ4v) is 2.08. The second-order valence-corrected chi connectivity index (χ2v) is 4.53. The van der Waals surface area contributed by atoms with Crippen LogP contribution in [0.1, 0.15) is 12.8 Å². The van der Waals surface area contributed by atoms with Crippen molar-refractivity contribution in [1.29, 1.82) is 0 Å². The molecule has 1 saturated heterocycles. The van der Waals surface area contributed by atoms with E-state index in [0.717, 1.165) is 0 Å². The van der Waals surface area contributed by atoms with Gasteiger partial charge in [-0.05, 0) is 18.6 Å². The van der Waals surface area contributed by atoms with Gasteiger partial charge in [0, 0.05) is 6.42 Å². The number of ether oxygens (including phenoxy) is 2. The van der Waals surface area contributed by atoms with Gasteiger partial charge in [0.15, 0.2) is 11.5 Å². The van der Waals surface area contributed by atoms with E-state index >= 15 is 0 Å². The fourth-order valence-electron chi connectivity index (χ4n) is 2.08. The van der Waals surface area contributed by atoms with Crippen molar-refractivity contribution in [3.63, 3.8) is 0 Å². The lowest BCUT2D eigenvalue weighted by molar-refractivity contribution is -0.149. The van der Waals surface area contributed by atoms with Gasteiger partial charge in [0.2, 0.25) is 11.8 Å². The van der Waals surface area contributed by atoms with E-state index in [1.54, 1.807) is 19.2 Å². The lowest BCUT2D eigenvalue weighted by Gasteiger charge is -2.28. The van der Waals surface area contributed by atoms with Gasteiger partial charge in [-0.3, -0.25) is 14.5 Å². The summed E-state index contributed by atoms with van der Waals surface area (Å²) in [7, 11) is 1.55. The van der Waals surface area contributed by atoms with Crippen LogP contribution in [0, 0.1) is 0 Å². The van der Waals surface area contributed by atoms with Gasteiger partial charge in [-0.2, -0.15) is 0 Å². The number of carbonyl (C=O) groups excluding carboxylic acids is 2. The van der Waals surface area contributed by atoms with Crippen molar-refractivity contribution in [2.45, 2.75) is 18.9 Å². The van der Waals surface area contributed by atoms with E-state index in [1.165, 1.54) is 4.90 Å². The number of nitrogens with zero attached hydrogens (tertiary/aromatic N) is 1. The third-order valence-electron chi connectivity index (χ3n) is 3.20. The zero-order valence-corrected chi connectivity index (χ0v) is 11.4. The molecule has 1 aromatic rings. The van der Waals surface area contributed by atoms with Crippen molar-refractivity contribution in [3.8, 4) is 11.5 Å². The molecule has 1 aliphatic rings. The molecule has 1 aliphatic heterocycles. The van der Waals surface area contributed by atoms with Crippen LogP contribution in [0.25, 0.3) is 0 Å². The Kier molecular flexibility index (Phi) is 4.57. The lowest BCUT2D eigenvalue weighted by atomic mass is 10.1. The highest BCUT2D eigenvalue weighted by Gasteiger charge is 2.31. The molecule has 6 nitrogen and oxygen atoms in total. The minimum Gasteiger partial charge on any atom is -0.493 e. The van der Waals surface area contributed by atoms with Crippen LogP contribution in [0.3, 0.4) is 0 Å². The van der Waals surface area contributed by atoms with Crippen molar-refractivity contribution < 1.29 is 19.1 Å². The number of benzene rings is 1. The Morgan fingerprint density at radius 1 is 1.30 bits per heavy atom.